The molecule has 0 bridgehead atoms. The van der Waals surface area contributed by atoms with Crippen LogP contribution in [0.25, 0.3) is 0 Å². The molecule has 1 aromatic rings. The van der Waals surface area contributed by atoms with Gasteiger partial charge in [-0.15, -0.1) is 0 Å². The normalized spacial score (nSPS) is 18.1. The van der Waals surface area contributed by atoms with Crippen molar-refractivity contribution >= 4 is 0 Å². The Morgan fingerprint density at radius 2 is 1.94 bits per heavy atom. The van der Waals surface area contributed by atoms with Crippen LogP contribution in [0.15, 0.2) is 24.3 Å². The van der Waals surface area contributed by atoms with Crippen molar-refractivity contribution in [3.63, 3.8) is 0 Å². The highest BCUT2D eigenvalue weighted by Crippen LogP contribution is 2.22. The van der Waals surface area contributed by atoms with Crippen LogP contribution in [0, 0.1) is 5.82 Å². The van der Waals surface area contributed by atoms with Gasteiger partial charge in [0.2, 0.25) is 0 Å². The molecular weight excluding hydrogens is 233 g/mol. The predicted octanol–water partition coefficient (Wildman–Crippen LogP) is 2.63. The molecular formula is C14H20FNO2. The van der Waals surface area contributed by atoms with Gasteiger partial charge in [0.1, 0.15) is 5.82 Å². The first kappa shape index (κ1) is 13.5. The SMILES string of the molecule is CCCNC(CC1OCCO1)c1ccc(F)cc1. The van der Waals surface area contributed by atoms with E-state index in [4.69, 9.17) is 9.47 Å². The Hall–Kier alpha value is -0.970. The molecule has 1 aliphatic rings. The van der Waals surface area contributed by atoms with E-state index in [1.165, 1.54) is 12.1 Å². The number of rotatable bonds is 6. The van der Waals surface area contributed by atoms with Gasteiger partial charge in [-0.1, -0.05) is 19.1 Å². The molecule has 1 fully saturated rings. The maximum Gasteiger partial charge on any atom is 0.159 e. The van der Waals surface area contributed by atoms with E-state index in [1.807, 2.05) is 12.1 Å². The number of ether oxygens (including phenoxy) is 2. The number of nitrogens with one attached hydrogen (secondary N) is 1. The van der Waals surface area contributed by atoms with Crippen LogP contribution in [-0.4, -0.2) is 26.0 Å². The molecule has 1 aliphatic heterocycles. The van der Waals surface area contributed by atoms with Crippen LogP contribution in [0.1, 0.15) is 31.4 Å². The second-order valence-electron chi connectivity index (χ2n) is 4.47. The molecule has 1 unspecified atom stereocenters. The van der Waals surface area contributed by atoms with Gasteiger partial charge in [-0.2, -0.15) is 0 Å². The zero-order valence-corrected chi connectivity index (χ0v) is 10.7. The fourth-order valence-electron chi connectivity index (χ4n) is 2.09. The van der Waals surface area contributed by atoms with Crippen molar-refractivity contribution in [3.05, 3.63) is 35.6 Å². The summed E-state index contributed by atoms with van der Waals surface area (Å²) in [6.45, 7) is 4.37. The third-order valence-electron chi connectivity index (χ3n) is 3.03. The topological polar surface area (TPSA) is 30.5 Å². The van der Waals surface area contributed by atoms with Gasteiger partial charge in [-0.25, -0.2) is 4.39 Å². The summed E-state index contributed by atoms with van der Waals surface area (Å²) >= 11 is 0. The van der Waals surface area contributed by atoms with Gasteiger partial charge in [0.15, 0.2) is 6.29 Å². The summed E-state index contributed by atoms with van der Waals surface area (Å²) < 4.78 is 23.9. The quantitative estimate of drug-likeness (QED) is 0.845. The molecule has 1 heterocycles. The Labute approximate surface area is 107 Å². The van der Waals surface area contributed by atoms with Crippen molar-refractivity contribution in [3.8, 4) is 0 Å². The van der Waals surface area contributed by atoms with Gasteiger partial charge < -0.3 is 14.8 Å². The third kappa shape index (κ3) is 3.77. The first-order valence-electron chi connectivity index (χ1n) is 6.51. The molecule has 2 rings (SSSR count). The largest absolute Gasteiger partial charge is 0.350 e. The van der Waals surface area contributed by atoms with Crippen molar-refractivity contribution in [2.24, 2.45) is 0 Å². The van der Waals surface area contributed by atoms with Gasteiger partial charge in [-0.3, -0.25) is 0 Å². The molecule has 3 nitrogen and oxygen atoms in total. The molecule has 0 aromatic heterocycles. The van der Waals surface area contributed by atoms with E-state index in [2.05, 4.69) is 12.2 Å². The van der Waals surface area contributed by atoms with E-state index in [1.54, 1.807) is 0 Å². The molecule has 1 saturated heterocycles. The van der Waals surface area contributed by atoms with Crippen LogP contribution in [0.5, 0.6) is 0 Å². The highest BCUT2D eigenvalue weighted by atomic mass is 19.1. The molecule has 100 valence electrons. The predicted molar refractivity (Wildman–Crippen MR) is 67.7 cm³/mol. The molecule has 0 amide bonds. The van der Waals surface area contributed by atoms with Gasteiger partial charge in [0.25, 0.3) is 0 Å². The van der Waals surface area contributed by atoms with Gasteiger partial charge >= 0.3 is 0 Å². The van der Waals surface area contributed by atoms with E-state index < -0.39 is 0 Å². The standard InChI is InChI=1S/C14H20FNO2/c1-2-7-16-13(10-14-17-8-9-18-14)11-3-5-12(15)6-4-11/h3-6,13-14,16H,2,7-10H2,1H3. The highest BCUT2D eigenvalue weighted by Gasteiger charge is 2.22. The molecule has 18 heavy (non-hydrogen) atoms. The Morgan fingerprint density at radius 3 is 2.56 bits per heavy atom. The Bertz CT molecular complexity index is 349. The minimum absolute atomic E-state index is 0.147. The second-order valence-corrected chi connectivity index (χ2v) is 4.47. The van der Waals surface area contributed by atoms with Crippen LogP contribution in [-0.2, 0) is 9.47 Å². The van der Waals surface area contributed by atoms with Crippen molar-refractivity contribution in [2.45, 2.75) is 32.1 Å². The van der Waals surface area contributed by atoms with Crippen LogP contribution in [0.4, 0.5) is 4.39 Å². The number of halogens is 1. The molecule has 4 heteroatoms. The van der Waals surface area contributed by atoms with Crippen LogP contribution < -0.4 is 5.32 Å². The van der Waals surface area contributed by atoms with E-state index in [0.717, 1.165) is 24.9 Å². The Kier molecular flexibility index (Phi) is 5.11. The average molecular weight is 253 g/mol. The van der Waals surface area contributed by atoms with Gasteiger partial charge in [0.05, 0.1) is 13.2 Å². The lowest BCUT2D eigenvalue weighted by Crippen LogP contribution is -2.26. The molecule has 0 spiro atoms. The second kappa shape index (κ2) is 6.83. The maximum absolute atomic E-state index is 12.9. The van der Waals surface area contributed by atoms with Crippen molar-refractivity contribution in [1.82, 2.24) is 5.32 Å². The Morgan fingerprint density at radius 1 is 1.28 bits per heavy atom. The highest BCUT2D eigenvalue weighted by molar-refractivity contribution is 5.20. The maximum atomic E-state index is 12.9. The molecule has 0 aliphatic carbocycles. The number of hydrogen-bond donors (Lipinski definition) is 1. The summed E-state index contributed by atoms with van der Waals surface area (Å²) in [5, 5.41) is 3.45. The number of hydrogen-bond acceptors (Lipinski definition) is 3. The average Bonchev–Trinajstić information content (AvgIpc) is 2.88. The van der Waals surface area contributed by atoms with Crippen LogP contribution >= 0.6 is 0 Å². The zero-order chi connectivity index (χ0) is 12.8. The fraction of sp³-hybridized carbons (Fsp3) is 0.571. The van der Waals surface area contributed by atoms with Crippen LogP contribution in [0.2, 0.25) is 0 Å². The van der Waals surface area contributed by atoms with E-state index in [9.17, 15) is 4.39 Å². The van der Waals surface area contributed by atoms with E-state index in [-0.39, 0.29) is 18.1 Å². The molecule has 1 atom stereocenters. The smallest absolute Gasteiger partial charge is 0.159 e. The van der Waals surface area contributed by atoms with E-state index in [0.29, 0.717) is 13.2 Å². The molecule has 0 saturated carbocycles. The molecule has 1 aromatic carbocycles. The summed E-state index contributed by atoms with van der Waals surface area (Å²) in [4.78, 5) is 0. The van der Waals surface area contributed by atoms with Crippen molar-refractivity contribution in [2.75, 3.05) is 19.8 Å². The summed E-state index contributed by atoms with van der Waals surface area (Å²) in [6, 6.07) is 6.77. The van der Waals surface area contributed by atoms with Crippen LogP contribution in [0.3, 0.4) is 0 Å². The van der Waals surface area contributed by atoms with Crippen molar-refractivity contribution < 1.29 is 13.9 Å². The van der Waals surface area contributed by atoms with Gasteiger partial charge in [-0.05, 0) is 30.7 Å². The lowest BCUT2D eigenvalue weighted by atomic mass is 10.0. The summed E-state index contributed by atoms with van der Waals surface area (Å²) in [6.07, 6.45) is 1.67. The van der Waals surface area contributed by atoms with E-state index >= 15 is 0 Å². The van der Waals surface area contributed by atoms with Crippen molar-refractivity contribution in [1.29, 1.82) is 0 Å². The first-order valence-corrected chi connectivity index (χ1v) is 6.51. The monoisotopic (exact) mass is 253 g/mol. The minimum Gasteiger partial charge on any atom is -0.350 e. The molecule has 0 radical (unpaired) electrons. The summed E-state index contributed by atoms with van der Waals surface area (Å²) in [5.74, 6) is -0.207. The molecule has 1 N–H and O–H groups in total. The lowest BCUT2D eigenvalue weighted by molar-refractivity contribution is -0.0530. The zero-order valence-electron chi connectivity index (χ0n) is 10.7. The van der Waals surface area contributed by atoms with Gasteiger partial charge in [0, 0.05) is 12.5 Å². The first-order chi connectivity index (χ1) is 8.79. The number of benzene rings is 1. The summed E-state index contributed by atoms with van der Waals surface area (Å²) in [5.41, 5.74) is 1.07. The fourth-order valence-corrected chi connectivity index (χ4v) is 2.09. The Balaban J connectivity index is 2.00. The summed E-state index contributed by atoms with van der Waals surface area (Å²) in [7, 11) is 0. The minimum atomic E-state index is -0.207. The third-order valence-corrected chi connectivity index (χ3v) is 3.03. The lowest BCUT2D eigenvalue weighted by Gasteiger charge is -2.21.